The van der Waals surface area contributed by atoms with Gasteiger partial charge in [0.2, 0.25) is 0 Å². The number of likely N-dealkylation sites (N-methyl/N-ethyl adjacent to an activating group) is 4. The number of esters is 5. The fourth-order valence-electron chi connectivity index (χ4n) is 11.3. The zero-order valence-corrected chi connectivity index (χ0v) is 61.2. The summed E-state index contributed by atoms with van der Waals surface area (Å²) in [6, 6.07) is 17.4. The van der Waals surface area contributed by atoms with E-state index in [0.717, 1.165) is 31.0 Å². The number of hydrogen-bond donors (Lipinski definition) is 0. The van der Waals surface area contributed by atoms with Crippen LogP contribution in [-0.4, -0.2) is 220 Å². The normalized spacial score (nSPS) is 16.2. The average Bonchev–Trinajstić information content (AvgIpc) is 0.825. The molecule has 25 heteroatoms. The van der Waals surface area contributed by atoms with Crippen molar-refractivity contribution in [3.05, 3.63) is 95.6 Å². The van der Waals surface area contributed by atoms with E-state index in [0.29, 0.717) is 75.7 Å². The third kappa shape index (κ3) is 26.6. The van der Waals surface area contributed by atoms with Crippen LogP contribution in [0.3, 0.4) is 0 Å². The molecule has 2 aliphatic rings. The maximum atomic E-state index is 16.2. The molecule has 2 aliphatic heterocycles. The van der Waals surface area contributed by atoms with Gasteiger partial charge in [0.1, 0.15) is 47.7 Å². The maximum absolute atomic E-state index is 16.2. The van der Waals surface area contributed by atoms with Crippen molar-refractivity contribution in [3.63, 3.8) is 0 Å². The lowest BCUT2D eigenvalue weighted by Gasteiger charge is -2.35. The fourth-order valence-corrected chi connectivity index (χ4v) is 11.3. The van der Waals surface area contributed by atoms with Gasteiger partial charge in [-0.25, -0.2) is 37.5 Å². The Morgan fingerprint density at radius 1 is 0.465 bits per heavy atom. The molecular formula is C74H108F2N6O17. The van der Waals surface area contributed by atoms with E-state index in [4.69, 9.17) is 37.9 Å². The Morgan fingerprint density at radius 2 is 0.889 bits per heavy atom. The lowest BCUT2D eigenvalue weighted by atomic mass is 9.98. The number of halogens is 2. The van der Waals surface area contributed by atoms with Crippen LogP contribution >= 0.6 is 0 Å². The Kier molecular flexibility index (Phi) is 30.9. The summed E-state index contributed by atoms with van der Waals surface area (Å²) < 4.78 is 77.2. The van der Waals surface area contributed by atoms with Crippen molar-refractivity contribution in [1.82, 2.24) is 19.6 Å². The summed E-state index contributed by atoms with van der Waals surface area (Å²) in [6.07, 6.45) is -8.51. The smallest absolute Gasteiger partial charge is 0.410 e. The van der Waals surface area contributed by atoms with E-state index >= 15 is 18.4 Å². The predicted octanol–water partition coefficient (Wildman–Crippen LogP) is 9.44. The lowest BCUT2D eigenvalue weighted by molar-refractivity contribution is -0.176. The van der Waals surface area contributed by atoms with Crippen molar-refractivity contribution in [2.45, 2.75) is 214 Å². The number of rotatable bonds is 34. The SMILES string of the molecule is CC(C)CC[C@@H](C(=O)O[C@H](C)C(=O)N(C)[C@@H](CC(C)(C)F)C(=O)O[C@H](Cc1ccc(N2CCOCC2)cc1)C(=O)N(C)[C@@H](CC(C)C)C(=O)O[C@H](C)C(=O)OCc1ccccc1)N(C)C(=O)[C@@H](Cc1ccc(N2CCOCC2)cc1)OC(=O)[C@H](CCC(C)(C)F)N(C)C(=O)OC(C)(C)C. The number of ether oxygens (including phenoxy) is 8. The van der Waals surface area contributed by atoms with Gasteiger partial charge in [-0.15, -0.1) is 0 Å². The number of amides is 4. The average molecular weight is 1390 g/mol. The maximum Gasteiger partial charge on any atom is 0.410 e. The minimum atomic E-state index is -2.17. The molecule has 0 aromatic heterocycles. The van der Waals surface area contributed by atoms with Crippen LogP contribution in [0, 0.1) is 11.8 Å². The van der Waals surface area contributed by atoms with Crippen molar-refractivity contribution >= 4 is 65.0 Å². The first kappa shape index (κ1) is 81.7. The van der Waals surface area contributed by atoms with E-state index in [1.54, 1.807) is 69.3 Å². The Morgan fingerprint density at radius 3 is 1.33 bits per heavy atom. The highest BCUT2D eigenvalue weighted by molar-refractivity contribution is 5.93. The van der Waals surface area contributed by atoms with E-state index in [1.807, 2.05) is 58.0 Å². The quantitative estimate of drug-likeness (QED) is 0.0399. The van der Waals surface area contributed by atoms with E-state index < -0.39 is 126 Å². The van der Waals surface area contributed by atoms with Crippen molar-refractivity contribution in [1.29, 1.82) is 0 Å². The van der Waals surface area contributed by atoms with Crippen LogP contribution < -0.4 is 9.80 Å². The van der Waals surface area contributed by atoms with Crippen molar-refractivity contribution in [2.24, 2.45) is 11.8 Å². The van der Waals surface area contributed by atoms with Crippen LogP contribution in [0.2, 0.25) is 0 Å². The highest BCUT2D eigenvalue weighted by Gasteiger charge is 2.44. The molecule has 2 heterocycles. The van der Waals surface area contributed by atoms with Gasteiger partial charge < -0.3 is 62.4 Å². The van der Waals surface area contributed by atoms with Crippen LogP contribution in [0.25, 0.3) is 0 Å². The predicted molar refractivity (Wildman–Crippen MR) is 369 cm³/mol. The minimum Gasteiger partial charge on any atom is -0.458 e. The van der Waals surface area contributed by atoms with E-state index in [1.165, 1.54) is 69.7 Å². The highest BCUT2D eigenvalue weighted by Crippen LogP contribution is 2.29. The molecule has 0 unspecified atom stereocenters. The highest BCUT2D eigenvalue weighted by atomic mass is 19.1. The molecule has 2 fully saturated rings. The molecule has 0 N–H and O–H groups in total. The molecule has 550 valence electrons. The molecule has 99 heavy (non-hydrogen) atoms. The first-order chi connectivity index (χ1) is 46.3. The van der Waals surface area contributed by atoms with Gasteiger partial charge in [-0.3, -0.25) is 19.3 Å². The molecular weight excluding hydrogens is 1280 g/mol. The van der Waals surface area contributed by atoms with Crippen LogP contribution in [-0.2, 0) is 95.7 Å². The molecule has 2 saturated heterocycles. The Hall–Kier alpha value is -7.93. The topological polar surface area (TPSA) is 247 Å². The number of hydrogen-bond acceptors (Lipinski definition) is 19. The largest absolute Gasteiger partial charge is 0.458 e. The first-order valence-electron chi connectivity index (χ1n) is 34.3. The van der Waals surface area contributed by atoms with Gasteiger partial charge in [0.15, 0.2) is 24.4 Å². The molecule has 0 spiro atoms. The van der Waals surface area contributed by atoms with Crippen molar-refractivity contribution in [2.75, 3.05) is 90.6 Å². The van der Waals surface area contributed by atoms with Gasteiger partial charge in [0.05, 0.1) is 26.4 Å². The number of morpholine rings is 2. The van der Waals surface area contributed by atoms with Crippen molar-refractivity contribution < 1.29 is 89.8 Å². The molecule has 23 nitrogen and oxygen atoms in total. The van der Waals surface area contributed by atoms with Crippen LogP contribution in [0.4, 0.5) is 25.0 Å². The number of carbonyl (C=O) groups excluding carboxylic acids is 9. The summed E-state index contributed by atoms with van der Waals surface area (Å²) in [5.74, 6) is -8.04. The number of benzene rings is 3. The van der Waals surface area contributed by atoms with Gasteiger partial charge in [-0.05, 0) is 147 Å². The second kappa shape index (κ2) is 37.5. The van der Waals surface area contributed by atoms with Crippen LogP contribution in [0.1, 0.15) is 145 Å². The monoisotopic (exact) mass is 1390 g/mol. The molecule has 5 rings (SSSR count). The van der Waals surface area contributed by atoms with E-state index in [9.17, 15) is 33.6 Å². The van der Waals surface area contributed by atoms with Gasteiger partial charge >= 0.3 is 35.9 Å². The van der Waals surface area contributed by atoms with Gasteiger partial charge in [-0.1, -0.05) is 82.3 Å². The lowest BCUT2D eigenvalue weighted by Crippen LogP contribution is -2.54. The standard InChI is InChI=1S/C74H108F2N6O17/c1-48(2)23-32-57(77(14)64(84)61(44-52-24-28-55(29-25-52)81-35-39-92-40-36-81)97-68(88)58(33-34-73(10,11)75)80(17)71(91)99-72(7,8)9)67(87)95-50(5)63(83)79(16)60(46-74(12,13)76)70(90)98-62(45-53-26-30-56(31-27-53)82-37-41-93-42-38-82)65(85)78(15)59(43-49(3)4)69(89)96-51(6)66(86)94-47-54-21-19-18-20-22-54/h18-22,24-31,48-51,57-62H,23,32-47H2,1-17H3/t50-,51-,57+,58+,59+,60+,61-,62-/m1/s1. The number of anilines is 2. The van der Waals surface area contributed by atoms with Crippen molar-refractivity contribution in [3.8, 4) is 0 Å². The Balaban J connectivity index is 1.45. The molecule has 3 aromatic rings. The molecule has 0 aliphatic carbocycles. The summed E-state index contributed by atoms with van der Waals surface area (Å²) in [5.41, 5.74) is -1.37. The number of alkyl halides is 2. The first-order valence-corrected chi connectivity index (χ1v) is 34.3. The molecule has 3 aromatic carbocycles. The van der Waals surface area contributed by atoms with Gasteiger partial charge in [0, 0.05) is 85.0 Å². The van der Waals surface area contributed by atoms with E-state index in [-0.39, 0.29) is 57.0 Å². The fraction of sp³-hybridized carbons (Fsp3) is 0.635. The Bertz CT molecular complexity index is 3120. The van der Waals surface area contributed by atoms with Crippen LogP contribution in [0.15, 0.2) is 78.9 Å². The molecule has 0 radical (unpaired) electrons. The van der Waals surface area contributed by atoms with Crippen LogP contribution in [0.5, 0.6) is 0 Å². The van der Waals surface area contributed by atoms with Gasteiger partial charge in [0.25, 0.3) is 17.7 Å². The zero-order valence-electron chi connectivity index (χ0n) is 61.2. The number of nitrogens with zero attached hydrogens (tertiary/aromatic N) is 6. The summed E-state index contributed by atoms with van der Waals surface area (Å²) in [7, 11) is 5.17. The second-order valence-corrected chi connectivity index (χ2v) is 28.8. The summed E-state index contributed by atoms with van der Waals surface area (Å²) >= 11 is 0. The van der Waals surface area contributed by atoms with Gasteiger partial charge in [-0.2, -0.15) is 0 Å². The summed E-state index contributed by atoms with van der Waals surface area (Å²) in [5, 5.41) is 0. The molecule has 0 saturated carbocycles. The minimum absolute atomic E-state index is 0.0130. The third-order valence-electron chi connectivity index (χ3n) is 17.1. The zero-order chi connectivity index (χ0) is 73.7. The van der Waals surface area contributed by atoms with E-state index in [2.05, 4.69) is 9.80 Å². The molecule has 0 bridgehead atoms. The second-order valence-electron chi connectivity index (χ2n) is 28.8. The summed E-state index contributed by atoms with van der Waals surface area (Å²) in [6.45, 7) is 24.6. The molecule has 8 atom stereocenters. The number of carbonyl (C=O) groups is 9. The third-order valence-corrected chi connectivity index (χ3v) is 17.1. The molecule has 4 amide bonds. The summed E-state index contributed by atoms with van der Waals surface area (Å²) in [4.78, 5) is 138. The Labute approximate surface area is 583 Å².